The van der Waals surface area contributed by atoms with Gasteiger partial charge in [0.25, 0.3) is 0 Å². The van der Waals surface area contributed by atoms with E-state index >= 15 is 0 Å². The van der Waals surface area contributed by atoms with Gasteiger partial charge in [0, 0.05) is 25.7 Å². The maximum absolute atomic E-state index is 13.0. The van der Waals surface area contributed by atoms with Crippen LogP contribution in [-0.2, 0) is 65.4 Å². The third-order valence-electron chi connectivity index (χ3n) is 14.8. The molecule has 84 heavy (non-hydrogen) atoms. The predicted molar refractivity (Wildman–Crippen MR) is 335 cm³/mol. The smallest absolute Gasteiger partial charge is 0.462 e. The molecule has 0 rings (SSSR count). The molecular weight excluding hydrogens is 1110 g/mol. The second-order valence-electron chi connectivity index (χ2n) is 25.4. The molecule has 2 unspecified atom stereocenters. The molecule has 0 bridgehead atoms. The molecule has 17 nitrogen and oxygen atoms in total. The summed E-state index contributed by atoms with van der Waals surface area (Å²) in [5, 5.41) is 10.5. The van der Waals surface area contributed by atoms with E-state index in [2.05, 4.69) is 55.4 Å². The Labute approximate surface area is 511 Å². The van der Waals surface area contributed by atoms with Gasteiger partial charge in [-0.2, -0.15) is 0 Å². The normalized spacial score (nSPS) is 14.4. The van der Waals surface area contributed by atoms with Gasteiger partial charge in [-0.1, -0.05) is 261 Å². The van der Waals surface area contributed by atoms with E-state index in [0.29, 0.717) is 37.5 Å². The van der Waals surface area contributed by atoms with E-state index in [9.17, 15) is 43.2 Å². The molecule has 0 aliphatic rings. The molecule has 0 aromatic heterocycles. The van der Waals surface area contributed by atoms with Crippen LogP contribution in [0, 0.1) is 23.7 Å². The average Bonchev–Trinajstić information content (AvgIpc) is 3.45. The second kappa shape index (κ2) is 55.2. The Kier molecular flexibility index (Phi) is 53.9. The fraction of sp³-hybridized carbons (Fsp3) is 0.938. The van der Waals surface area contributed by atoms with E-state index < -0.39 is 97.5 Å². The molecule has 0 radical (unpaired) electrons. The largest absolute Gasteiger partial charge is 0.472 e. The lowest BCUT2D eigenvalue weighted by Crippen LogP contribution is -2.30. The van der Waals surface area contributed by atoms with Crippen molar-refractivity contribution in [3.05, 3.63) is 0 Å². The molecule has 0 aromatic carbocycles. The lowest BCUT2D eigenvalue weighted by molar-refractivity contribution is -0.161. The van der Waals surface area contributed by atoms with Crippen LogP contribution in [0.4, 0.5) is 0 Å². The average molecular weight is 1240 g/mol. The lowest BCUT2D eigenvalue weighted by atomic mass is 10.0. The summed E-state index contributed by atoms with van der Waals surface area (Å²) in [5.41, 5.74) is 0. The minimum Gasteiger partial charge on any atom is -0.462 e. The van der Waals surface area contributed by atoms with Crippen molar-refractivity contribution in [2.75, 3.05) is 39.6 Å². The highest BCUT2D eigenvalue weighted by Crippen LogP contribution is 2.45. The fourth-order valence-electron chi connectivity index (χ4n) is 9.61. The summed E-state index contributed by atoms with van der Waals surface area (Å²) < 4.78 is 68.0. The minimum atomic E-state index is -4.95. The van der Waals surface area contributed by atoms with Crippen LogP contribution >= 0.6 is 15.6 Å². The van der Waals surface area contributed by atoms with Crippen molar-refractivity contribution in [2.45, 2.75) is 331 Å². The van der Waals surface area contributed by atoms with Gasteiger partial charge in [0.05, 0.1) is 26.4 Å². The Balaban J connectivity index is 5.23. The Hall–Kier alpha value is -1.94. The summed E-state index contributed by atoms with van der Waals surface area (Å²) in [6.45, 7) is 13.9. The Morgan fingerprint density at radius 1 is 0.298 bits per heavy atom. The molecule has 19 heteroatoms. The molecule has 0 amide bonds. The Morgan fingerprint density at radius 3 is 0.738 bits per heavy atom. The summed E-state index contributed by atoms with van der Waals surface area (Å²) >= 11 is 0. The van der Waals surface area contributed by atoms with E-state index in [1.165, 1.54) is 109 Å². The third-order valence-corrected chi connectivity index (χ3v) is 16.7. The van der Waals surface area contributed by atoms with E-state index in [-0.39, 0.29) is 25.7 Å². The number of esters is 4. The van der Waals surface area contributed by atoms with Gasteiger partial charge >= 0.3 is 39.5 Å². The Bertz CT molecular complexity index is 1680. The van der Waals surface area contributed by atoms with Crippen LogP contribution in [0.25, 0.3) is 0 Å². The van der Waals surface area contributed by atoms with E-state index in [0.717, 1.165) is 108 Å². The van der Waals surface area contributed by atoms with Crippen molar-refractivity contribution in [3.63, 3.8) is 0 Å². The van der Waals surface area contributed by atoms with Crippen LogP contribution in [0.15, 0.2) is 0 Å². The molecule has 0 aromatic rings. The monoisotopic (exact) mass is 1240 g/mol. The summed E-state index contributed by atoms with van der Waals surface area (Å²) in [5.74, 6) is 0.723. The van der Waals surface area contributed by atoms with Crippen LogP contribution in [0.5, 0.6) is 0 Å². The molecule has 3 N–H and O–H groups in total. The number of aliphatic hydroxyl groups is 1. The third kappa shape index (κ3) is 59.0. The maximum Gasteiger partial charge on any atom is 0.472 e. The molecule has 0 aliphatic heterocycles. The first-order valence-electron chi connectivity index (χ1n) is 33.7. The number of hydrogen-bond donors (Lipinski definition) is 3. The van der Waals surface area contributed by atoms with Gasteiger partial charge in [0.1, 0.15) is 19.3 Å². The number of unbranched alkanes of at least 4 members (excludes halogenated alkanes) is 28. The number of carbonyl (C=O) groups excluding carboxylic acids is 4. The SMILES string of the molecule is CC(C)CCCCCCCCCCCCCC(=O)OC[C@H](COP(=O)(O)OC[C@@H](O)COP(=O)(O)OC[C@@H](COC(=O)CCCCCCCCC(C)C)OC(=O)CCCCCCCCCCC(C)C)OC(=O)CCCCCCCCCC(C)C. The van der Waals surface area contributed by atoms with E-state index in [1.54, 1.807) is 0 Å². The molecule has 5 atom stereocenters. The fourth-order valence-corrected chi connectivity index (χ4v) is 11.2. The maximum atomic E-state index is 13.0. The van der Waals surface area contributed by atoms with Gasteiger partial charge in [-0.25, -0.2) is 9.13 Å². The first-order chi connectivity index (χ1) is 40.1. The zero-order valence-electron chi connectivity index (χ0n) is 54.5. The van der Waals surface area contributed by atoms with Crippen molar-refractivity contribution >= 4 is 39.5 Å². The molecule has 0 saturated carbocycles. The Morgan fingerprint density at radius 2 is 0.500 bits per heavy atom. The van der Waals surface area contributed by atoms with Crippen molar-refractivity contribution in [2.24, 2.45) is 23.7 Å². The summed E-state index contributed by atoms with van der Waals surface area (Å²) in [4.78, 5) is 72.2. The number of carbonyl (C=O) groups is 4. The zero-order valence-corrected chi connectivity index (χ0v) is 56.3. The van der Waals surface area contributed by atoms with Gasteiger partial charge in [-0.15, -0.1) is 0 Å². The van der Waals surface area contributed by atoms with Crippen molar-refractivity contribution < 1.29 is 80.2 Å². The molecule has 0 aliphatic carbocycles. The van der Waals surface area contributed by atoms with E-state index in [4.69, 9.17) is 37.0 Å². The number of phosphoric ester groups is 2. The van der Waals surface area contributed by atoms with E-state index in [1.807, 2.05) is 0 Å². The summed E-state index contributed by atoms with van der Waals surface area (Å²) in [6.07, 6.45) is 35.1. The molecule has 0 saturated heterocycles. The van der Waals surface area contributed by atoms with Crippen LogP contribution < -0.4 is 0 Å². The van der Waals surface area contributed by atoms with Crippen molar-refractivity contribution in [1.29, 1.82) is 0 Å². The van der Waals surface area contributed by atoms with Crippen LogP contribution in [0.2, 0.25) is 0 Å². The van der Waals surface area contributed by atoms with Gasteiger partial charge < -0.3 is 33.8 Å². The lowest BCUT2D eigenvalue weighted by Gasteiger charge is -2.21. The number of hydrogen-bond acceptors (Lipinski definition) is 15. The van der Waals surface area contributed by atoms with Gasteiger partial charge in [0.15, 0.2) is 12.2 Å². The van der Waals surface area contributed by atoms with Crippen LogP contribution in [0.1, 0.15) is 312 Å². The molecule has 0 spiro atoms. The molecule has 0 fully saturated rings. The molecular formula is C65H126O17P2. The summed E-state index contributed by atoms with van der Waals surface area (Å²) in [6, 6.07) is 0. The van der Waals surface area contributed by atoms with Gasteiger partial charge in [-0.3, -0.25) is 37.3 Å². The molecule has 498 valence electrons. The van der Waals surface area contributed by atoms with Gasteiger partial charge in [-0.05, 0) is 49.4 Å². The van der Waals surface area contributed by atoms with Crippen molar-refractivity contribution in [3.8, 4) is 0 Å². The van der Waals surface area contributed by atoms with Crippen molar-refractivity contribution in [1.82, 2.24) is 0 Å². The van der Waals surface area contributed by atoms with Crippen LogP contribution in [0.3, 0.4) is 0 Å². The first-order valence-corrected chi connectivity index (χ1v) is 36.7. The highest BCUT2D eigenvalue weighted by Gasteiger charge is 2.30. The highest BCUT2D eigenvalue weighted by molar-refractivity contribution is 7.47. The summed E-state index contributed by atoms with van der Waals surface area (Å²) in [7, 11) is -9.89. The number of aliphatic hydroxyl groups excluding tert-OH is 1. The second-order valence-corrected chi connectivity index (χ2v) is 28.3. The topological polar surface area (TPSA) is 237 Å². The molecule has 0 heterocycles. The first kappa shape index (κ1) is 82.1. The number of phosphoric acid groups is 2. The predicted octanol–water partition coefficient (Wildman–Crippen LogP) is 17.8. The van der Waals surface area contributed by atoms with Crippen LogP contribution in [-0.4, -0.2) is 96.7 Å². The van der Waals surface area contributed by atoms with Gasteiger partial charge in [0.2, 0.25) is 0 Å². The number of ether oxygens (including phenoxy) is 4. The highest BCUT2D eigenvalue weighted by atomic mass is 31.2. The zero-order chi connectivity index (χ0) is 62.5. The standard InChI is InChI=1S/C65H126O17P2/c1-55(2)41-33-25-17-12-10-9-11-13-20-29-37-45-62(67)75-51-60(82-65(70)48-40-32-22-16-19-27-35-43-57(5)6)53-79-83(71,72)77-49-59(66)50-78-84(73,74)80-54-61(52-76-63(68)46-38-30-24-23-28-36-44-58(7)8)81-64(69)47-39-31-21-15-14-18-26-34-42-56(3)4/h55-61,66H,9-54H2,1-8H3,(H,71,72)(H,73,74)/t59-,60-,61-/m1/s1. The minimum absolute atomic E-state index is 0.103. The quantitative estimate of drug-likeness (QED) is 0.0222. The number of rotatable bonds is 62.